The van der Waals surface area contributed by atoms with Crippen LogP contribution in [0.15, 0.2) is 33.3 Å². The van der Waals surface area contributed by atoms with E-state index in [1.807, 2.05) is 25.1 Å². The van der Waals surface area contributed by atoms with E-state index in [9.17, 15) is 4.21 Å². The van der Waals surface area contributed by atoms with Crippen LogP contribution in [0.5, 0.6) is 5.75 Å². The second-order valence-corrected chi connectivity index (χ2v) is 6.49. The normalized spacial score (nSPS) is 12.4. The summed E-state index contributed by atoms with van der Waals surface area (Å²) in [6.07, 6.45) is 0. The highest BCUT2D eigenvalue weighted by molar-refractivity contribution is 9.10. The van der Waals surface area contributed by atoms with Crippen molar-refractivity contribution in [2.45, 2.75) is 18.4 Å². The van der Waals surface area contributed by atoms with Gasteiger partial charge in [0.25, 0.3) is 0 Å². The smallest absolute Gasteiger partial charge is 0.149 e. The van der Waals surface area contributed by atoms with E-state index in [0.29, 0.717) is 17.3 Å². The highest BCUT2D eigenvalue weighted by Gasteiger charge is 2.11. The van der Waals surface area contributed by atoms with Crippen molar-refractivity contribution in [2.24, 2.45) is 0 Å². The minimum atomic E-state index is -1.06. The zero-order valence-electron chi connectivity index (χ0n) is 10.7. The van der Waals surface area contributed by atoms with Crippen molar-refractivity contribution in [1.29, 1.82) is 0 Å². The lowest BCUT2D eigenvalue weighted by Crippen LogP contribution is -2.01. The first-order chi connectivity index (χ1) is 9.08. The Morgan fingerprint density at radius 3 is 2.79 bits per heavy atom. The van der Waals surface area contributed by atoms with Gasteiger partial charge in [0.05, 0.1) is 24.3 Å². The Labute approximate surface area is 122 Å². The molecule has 1 aromatic carbocycles. The predicted molar refractivity (Wildman–Crippen MR) is 77.5 cm³/mol. The molecule has 0 radical (unpaired) electrons. The molecule has 19 heavy (non-hydrogen) atoms. The molecule has 0 spiro atoms. The van der Waals surface area contributed by atoms with Crippen LogP contribution in [-0.4, -0.2) is 16.5 Å². The van der Waals surface area contributed by atoms with Crippen molar-refractivity contribution < 1.29 is 13.5 Å². The molecule has 0 bridgehead atoms. The van der Waals surface area contributed by atoms with Gasteiger partial charge in [-0.25, -0.2) is 0 Å². The van der Waals surface area contributed by atoms with Gasteiger partial charge in [-0.15, -0.1) is 0 Å². The number of benzene rings is 1. The lowest BCUT2D eigenvalue weighted by atomic mass is 10.2. The van der Waals surface area contributed by atoms with E-state index in [-0.39, 0.29) is 0 Å². The van der Waals surface area contributed by atoms with Gasteiger partial charge in [-0.1, -0.05) is 21.1 Å². The molecule has 0 aliphatic carbocycles. The Bertz CT molecular complexity index is 597. The van der Waals surface area contributed by atoms with Crippen LogP contribution in [0.1, 0.15) is 17.0 Å². The monoisotopic (exact) mass is 343 g/mol. The van der Waals surface area contributed by atoms with Gasteiger partial charge < -0.3 is 9.26 Å². The summed E-state index contributed by atoms with van der Waals surface area (Å²) in [6.45, 7) is 1.84. The van der Waals surface area contributed by atoms with Gasteiger partial charge in [0.15, 0.2) is 0 Å². The Morgan fingerprint density at radius 2 is 2.16 bits per heavy atom. The molecule has 0 aliphatic rings. The van der Waals surface area contributed by atoms with Crippen LogP contribution >= 0.6 is 15.9 Å². The average Bonchev–Trinajstić information content (AvgIpc) is 2.75. The second-order valence-electron chi connectivity index (χ2n) is 4.12. The molecule has 1 aromatic heterocycles. The number of hydrogen-bond donors (Lipinski definition) is 0. The Morgan fingerprint density at radius 1 is 1.37 bits per heavy atom. The average molecular weight is 344 g/mol. The van der Waals surface area contributed by atoms with Crippen LogP contribution in [0.3, 0.4) is 0 Å². The summed E-state index contributed by atoms with van der Waals surface area (Å²) in [5.41, 5.74) is 1.71. The number of nitrogens with zero attached hydrogens (tertiary/aromatic N) is 1. The van der Waals surface area contributed by atoms with Crippen molar-refractivity contribution in [2.75, 3.05) is 7.11 Å². The molecular weight excluding hydrogens is 330 g/mol. The van der Waals surface area contributed by atoms with Crippen molar-refractivity contribution >= 4 is 26.7 Å². The second kappa shape index (κ2) is 6.34. The summed E-state index contributed by atoms with van der Waals surface area (Å²) in [7, 11) is 0.543. The third-order valence-electron chi connectivity index (χ3n) is 2.54. The summed E-state index contributed by atoms with van der Waals surface area (Å²) < 4.78 is 23.4. The van der Waals surface area contributed by atoms with Crippen LogP contribution in [0, 0.1) is 6.92 Å². The topological polar surface area (TPSA) is 52.3 Å². The maximum absolute atomic E-state index is 12.1. The van der Waals surface area contributed by atoms with Crippen molar-refractivity contribution in [3.05, 3.63) is 45.8 Å². The first-order valence-electron chi connectivity index (χ1n) is 5.68. The van der Waals surface area contributed by atoms with Gasteiger partial charge in [-0.05, 0) is 25.1 Å². The van der Waals surface area contributed by atoms with E-state index in [2.05, 4.69) is 21.1 Å². The minimum Gasteiger partial charge on any atom is -0.496 e. The molecule has 2 rings (SSSR count). The first-order valence-corrected chi connectivity index (χ1v) is 7.96. The maximum Gasteiger partial charge on any atom is 0.149 e. The molecule has 2 aromatic rings. The molecule has 0 saturated carbocycles. The van der Waals surface area contributed by atoms with Crippen molar-refractivity contribution in [1.82, 2.24) is 5.16 Å². The summed E-state index contributed by atoms with van der Waals surface area (Å²) >= 11 is 3.40. The van der Waals surface area contributed by atoms with E-state index in [1.165, 1.54) is 0 Å². The standard InChI is InChI=1S/C13H14BrNO3S/c1-9-5-12(18-15-9)8-19(16)7-10-6-11(14)3-4-13(10)17-2/h3-6H,7-8H2,1-2H3/t19-/m0/s1. The fourth-order valence-electron chi connectivity index (χ4n) is 1.73. The maximum atomic E-state index is 12.1. The summed E-state index contributed by atoms with van der Waals surface area (Å²) in [5.74, 6) is 2.16. The third kappa shape index (κ3) is 3.91. The SMILES string of the molecule is COc1ccc(Br)cc1C[S@](=O)Cc1cc(C)no1. The number of methoxy groups -OCH3 is 1. The fraction of sp³-hybridized carbons (Fsp3) is 0.308. The fourth-order valence-corrected chi connectivity index (χ4v) is 3.26. The van der Waals surface area contributed by atoms with Crippen LogP contribution in [0.4, 0.5) is 0 Å². The molecule has 102 valence electrons. The van der Waals surface area contributed by atoms with Gasteiger partial charge in [-0.2, -0.15) is 0 Å². The van der Waals surface area contributed by atoms with Crippen LogP contribution in [0.2, 0.25) is 0 Å². The van der Waals surface area contributed by atoms with Gasteiger partial charge >= 0.3 is 0 Å². The van der Waals surface area contributed by atoms with Gasteiger partial charge in [0.2, 0.25) is 0 Å². The van der Waals surface area contributed by atoms with Gasteiger partial charge in [-0.3, -0.25) is 4.21 Å². The van der Waals surface area contributed by atoms with E-state index < -0.39 is 10.8 Å². The predicted octanol–water partition coefficient (Wildman–Crippen LogP) is 3.20. The first kappa shape index (κ1) is 14.3. The molecule has 0 unspecified atom stereocenters. The zero-order chi connectivity index (χ0) is 13.8. The summed E-state index contributed by atoms with van der Waals surface area (Å²) in [6, 6.07) is 7.47. The lowest BCUT2D eigenvalue weighted by molar-refractivity contribution is 0.390. The number of hydrogen-bond acceptors (Lipinski definition) is 4. The molecule has 0 fully saturated rings. The highest BCUT2D eigenvalue weighted by atomic mass is 79.9. The van der Waals surface area contributed by atoms with E-state index in [1.54, 1.807) is 13.2 Å². The van der Waals surface area contributed by atoms with Crippen LogP contribution < -0.4 is 4.74 Å². The van der Waals surface area contributed by atoms with E-state index >= 15 is 0 Å². The largest absolute Gasteiger partial charge is 0.496 e. The lowest BCUT2D eigenvalue weighted by Gasteiger charge is -2.08. The number of rotatable bonds is 5. The Hall–Kier alpha value is -1.14. The Balaban J connectivity index is 2.08. The quantitative estimate of drug-likeness (QED) is 0.836. The number of aromatic nitrogens is 1. The highest BCUT2D eigenvalue weighted by Crippen LogP contribution is 2.24. The summed E-state index contributed by atoms with van der Waals surface area (Å²) in [4.78, 5) is 0. The number of aryl methyl sites for hydroxylation is 1. The molecule has 0 amide bonds. The van der Waals surface area contributed by atoms with Crippen LogP contribution in [0.25, 0.3) is 0 Å². The van der Waals surface area contributed by atoms with Gasteiger partial charge in [0.1, 0.15) is 11.5 Å². The van der Waals surface area contributed by atoms with Crippen molar-refractivity contribution in [3.63, 3.8) is 0 Å². The molecule has 0 saturated heterocycles. The van der Waals surface area contributed by atoms with Crippen molar-refractivity contribution in [3.8, 4) is 5.75 Å². The molecule has 1 atom stereocenters. The molecule has 6 heteroatoms. The molecule has 4 nitrogen and oxygen atoms in total. The minimum absolute atomic E-state index is 0.358. The number of ether oxygens (including phenoxy) is 1. The molecule has 1 heterocycles. The molecule has 0 aliphatic heterocycles. The van der Waals surface area contributed by atoms with E-state index in [4.69, 9.17) is 9.26 Å². The zero-order valence-corrected chi connectivity index (χ0v) is 13.1. The summed E-state index contributed by atoms with van der Waals surface area (Å²) in [5, 5.41) is 3.78. The third-order valence-corrected chi connectivity index (χ3v) is 4.27. The molecule has 0 N–H and O–H groups in total. The van der Waals surface area contributed by atoms with Gasteiger partial charge in [0, 0.05) is 26.9 Å². The Kier molecular flexibility index (Phi) is 4.76. The van der Waals surface area contributed by atoms with E-state index in [0.717, 1.165) is 21.5 Å². The number of halogens is 1. The van der Waals surface area contributed by atoms with Crippen LogP contribution in [-0.2, 0) is 22.3 Å². The molecular formula is C13H14BrNO3S.